The maximum absolute atomic E-state index is 9.52. The Morgan fingerprint density at radius 3 is 2.74 bits per heavy atom. The SMILES string of the molecule is Cc1cc([C@@H](C)O)ccc1OCc1cncc(Br)c1. The molecule has 19 heavy (non-hydrogen) atoms. The van der Waals surface area contributed by atoms with Crippen LogP contribution in [0.5, 0.6) is 5.75 Å². The van der Waals surface area contributed by atoms with Crippen LogP contribution in [0.25, 0.3) is 0 Å². The molecule has 0 fully saturated rings. The maximum Gasteiger partial charge on any atom is 0.122 e. The predicted molar refractivity (Wildman–Crippen MR) is 78.1 cm³/mol. The van der Waals surface area contributed by atoms with Crippen LogP contribution in [-0.2, 0) is 6.61 Å². The van der Waals surface area contributed by atoms with Gasteiger partial charge in [0.25, 0.3) is 0 Å². The molecule has 0 unspecified atom stereocenters. The number of aliphatic hydroxyl groups excluding tert-OH is 1. The first-order valence-corrected chi connectivity index (χ1v) is 6.86. The van der Waals surface area contributed by atoms with Gasteiger partial charge in [-0.3, -0.25) is 4.98 Å². The van der Waals surface area contributed by atoms with Crippen LogP contribution < -0.4 is 4.74 Å². The van der Waals surface area contributed by atoms with Crippen molar-refractivity contribution in [2.75, 3.05) is 0 Å². The molecule has 1 atom stereocenters. The van der Waals surface area contributed by atoms with Crippen LogP contribution in [0.1, 0.15) is 29.7 Å². The van der Waals surface area contributed by atoms with E-state index in [0.29, 0.717) is 6.61 Å². The molecule has 0 amide bonds. The summed E-state index contributed by atoms with van der Waals surface area (Å²) in [6.07, 6.45) is 3.07. The molecule has 0 saturated carbocycles. The van der Waals surface area contributed by atoms with Crippen LogP contribution in [0, 0.1) is 6.92 Å². The van der Waals surface area contributed by atoms with Gasteiger partial charge in [-0.1, -0.05) is 6.07 Å². The average molecular weight is 322 g/mol. The smallest absolute Gasteiger partial charge is 0.122 e. The Morgan fingerprint density at radius 1 is 1.32 bits per heavy atom. The quantitative estimate of drug-likeness (QED) is 0.931. The zero-order valence-electron chi connectivity index (χ0n) is 10.9. The summed E-state index contributed by atoms with van der Waals surface area (Å²) in [4.78, 5) is 4.10. The highest BCUT2D eigenvalue weighted by Crippen LogP contribution is 2.23. The minimum atomic E-state index is -0.456. The molecule has 0 spiro atoms. The molecule has 2 aromatic rings. The third kappa shape index (κ3) is 3.78. The third-order valence-electron chi connectivity index (χ3n) is 2.84. The number of aryl methyl sites for hydroxylation is 1. The molecule has 2 rings (SSSR count). The Kier molecular flexibility index (Phi) is 4.56. The zero-order chi connectivity index (χ0) is 13.8. The summed E-state index contributed by atoms with van der Waals surface area (Å²) in [5, 5.41) is 9.52. The Bertz CT molecular complexity index is 570. The fourth-order valence-electron chi connectivity index (χ4n) is 1.79. The van der Waals surface area contributed by atoms with Crippen molar-refractivity contribution in [2.24, 2.45) is 0 Å². The van der Waals surface area contributed by atoms with Crippen molar-refractivity contribution < 1.29 is 9.84 Å². The van der Waals surface area contributed by atoms with Crippen molar-refractivity contribution in [1.29, 1.82) is 0 Å². The van der Waals surface area contributed by atoms with Crippen LogP contribution in [0.3, 0.4) is 0 Å². The van der Waals surface area contributed by atoms with Crippen LogP contribution in [0.2, 0.25) is 0 Å². The lowest BCUT2D eigenvalue weighted by molar-refractivity contribution is 0.199. The molecule has 0 aliphatic rings. The molecule has 3 nitrogen and oxygen atoms in total. The molecule has 1 heterocycles. The van der Waals surface area contributed by atoms with Gasteiger partial charge in [-0.2, -0.15) is 0 Å². The van der Waals surface area contributed by atoms with E-state index in [1.54, 1.807) is 19.3 Å². The van der Waals surface area contributed by atoms with Crippen LogP contribution in [0.4, 0.5) is 0 Å². The van der Waals surface area contributed by atoms with Gasteiger partial charge in [0.2, 0.25) is 0 Å². The number of aromatic nitrogens is 1. The molecule has 1 aromatic heterocycles. The van der Waals surface area contributed by atoms with E-state index >= 15 is 0 Å². The van der Waals surface area contributed by atoms with Gasteiger partial charge in [-0.15, -0.1) is 0 Å². The molecule has 1 N–H and O–H groups in total. The second-order valence-corrected chi connectivity index (χ2v) is 5.42. The first-order chi connectivity index (χ1) is 9.06. The number of rotatable bonds is 4. The molecule has 0 radical (unpaired) electrons. The van der Waals surface area contributed by atoms with Gasteiger partial charge in [0.15, 0.2) is 0 Å². The zero-order valence-corrected chi connectivity index (χ0v) is 12.5. The standard InChI is InChI=1S/C15H16BrNO2/c1-10-5-13(11(2)18)3-4-15(10)19-9-12-6-14(16)8-17-7-12/h3-8,11,18H,9H2,1-2H3/t11-/m1/s1. The number of hydrogen-bond donors (Lipinski definition) is 1. The normalized spacial score (nSPS) is 12.2. The van der Waals surface area contributed by atoms with Crippen LogP contribution >= 0.6 is 15.9 Å². The third-order valence-corrected chi connectivity index (χ3v) is 3.27. The van der Waals surface area contributed by atoms with E-state index in [9.17, 15) is 5.11 Å². The van der Waals surface area contributed by atoms with Crippen molar-refractivity contribution in [1.82, 2.24) is 4.98 Å². The summed E-state index contributed by atoms with van der Waals surface area (Å²) in [7, 11) is 0. The highest BCUT2D eigenvalue weighted by Gasteiger charge is 2.05. The van der Waals surface area contributed by atoms with Crippen molar-refractivity contribution in [3.63, 3.8) is 0 Å². The van der Waals surface area contributed by atoms with Crippen LogP contribution in [0.15, 0.2) is 41.1 Å². The maximum atomic E-state index is 9.52. The molecule has 0 aliphatic heterocycles. The lowest BCUT2D eigenvalue weighted by Gasteiger charge is -2.12. The fourth-order valence-corrected chi connectivity index (χ4v) is 2.20. The highest BCUT2D eigenvalue weighted by molar-refractivity contribution is 9.10. The number of pyridine rings is 1. The van der Waals surface area contributed by atoms with E-state index in [2.05, 4.69) is 20.9 Å². The molecule has 100 valence electrons. The molecule has 4 heteroatoms. The van der Waals surface area contributed by atoms with Crippen molar-refractivity contribution in [3.05, 3.63) is 57.8 Å². The summed E-state index contributed by atoms with van der Waals surface area (Å²) in [5.74, 6) is 0.823. The lowest BCUT2D eigenvalue weighted by atomic mass is 10.1. The second kappa shape index (κ2) is 6.17. The summed E-state index contributed by atoms with van der Waals surface area (Å²) >= 11 is 3.38. The molecule has 0 saturated heterocycles. The summed E-state index contributed by atoms with van der Waals surface area (Å²) in [6.45, 7) is 4.20. The molecule has 1 aromatic carbocycles. The summed E-state index contributed by atoms with van der Waals surface area (Å²) < 4.78 is 6.71. The Morgan fingerprint density at radius 2 is 2.11 bits per heavy atom. The monoisotopic (exact) mass is 321 g/mol. The van der Waals surface area contributed by atoms with E-state index in [4.69, 9.17) is 4.74 Å². The number of ether oxygens (including phenoxy) is 1. The van der Waals surface area contributed by atoms with E-state index in [1.165, 1.54) is 0 Å². The first kappa shape index (κ1) is 14.0. The predicted octanol–water partition coefficient (Wildman–Crippen LogP) is 3.78. The molecular weight excluding hydrogens is 306 g/mol. The van der Waals surface area contributed by atoms with Crippen molar-refractivity contribution in [3.8, 4) is 5.75 Å². The van der Waals surface area contributed by atoms with Crippen LogP contribution in [-0.4, -0.2) is 10.1 Å². The van der Waals surface area contributed by atoms with E-state index in [0.717, 1.165) is 26.9 Å². The number of halogens is 1. The van der Waals surface area contributed by atoms with E-state index in [1.807, 2.05) is 31.2 Å². The number of nitrogens with zero attached hydrogens (tertiary/aromatic N) is 1. The molecular formula is C15H16BrNO2. The van der Waals surface area contributed by atoms with Gasteiger partial charge >= 0.3 is 0 Å². The largest absolute Gasteiger partial charge is 0.489 e. The highest BCUT2D eigenvalue weighted by atomic mass is 79.9. The fraction of sp³-hybridized carbons (Fsp3) is 0.267. The summed E-state index contributed by atoms with van der Waals surface area (Å²) in [5.41, 5.74) is 2.92. The number of hydrogen-bond acceptors (Lipinski definition) is 3. The van der Waals surface area contributed by atoms with Gasteiger partial charge in [0.05, 0.1) is 6.10 Å². The van der Waals surface area contributed by atoms with E-state index < -0.39 is 6.10 Å². The number of aliphatic hydroxyl groups is 1. The van der Waals surface area contributed by atoms with Gasteiger partial charge in [-0.25, -0.2) is 0 Å². The Labute approximate surface area is 121 Å². The van der Waals surface area contributed by atoms with E-state index in [-0.39, 0.29) is 0 Å². The van der Waals surface area contributed by atoms with Crippen molar-refractivity contribution >= 4 is 15.9 Å². The Balaban J connectivity index is 2.07. The molecule has 0 aliphatic carbocycles. The topological polar surface area (TPSA) is 42.4 Å². The lowest BCUT2D eigenvalue weighted by Crippen LogP contribution is -1.99. The second-order valence-electron chi connectivity index (χ2n) is 4.50. The molecule has 0 bridgehead atoms. The number of benzene rings is 1. The average Bonchev–Trinajstić information content (AvgIpc) is 2.37. The Hall–Kier alpha value is -1.39. The van der Waals surface area contributed by atoms with Gasteiger partial charge in [0, 0.05) is 22.4 Å². The summed E-state index contributed by atoms with van der Waals surface area (Å²) in [6, 6.07) is 7.70. The van der Waals surface area contributed by atoms with Gasteiger partial charge < -0.3 is 9.84 Å². The first-order valence-electron chi connectivity index (χ1n) is 6.07. The minimum absolute atomic E-state index is 0.456. The van der Waals surface area contributed by atoms with Crippen molar-refractivity contribution in [2.45, 2.75) is 26.6 Å². The van der Waals surface area contributed by atoms with Gasteiger partial charge in [-0.05, 0) is 59.1 Å². The van der Waals surface area contributed by atoms with Gasteiger partial charge in [0.1, 0.15) is 12.4 Å². The minimum Gasteiger partial charge on any atom is -0.489 e.